The Kier molecular flexibility index (Phi) is 19.2. The highest BCUT2D eigenvalue weighted by molar-refractivity contribution is 7.25. The van der Waals surface area contributed by atoms with E-state index in [2.05, 4.69) is 295 Å². The number of benzene rings is 9. The molecule has 0 unspecified atom stereocenters. The average Bonchev–Trinajstić information content (AvgIpc) is 1.55. The summed E-state index contributed by atoms with van der Waals surface area (Å²) < 4.78 is 16.0. The molecule has 5 aliphatic rings. The zero-order valence-electron chi connectivity index (χ0n) is 64.1. The van der Waals surface area contributed by atoms with E-state index in [0.717, 1.165) is 23.0 Å². The monoisotopic (exact) mass is 1410 g/mol. The van der Waals surface area contributed by atoms with Crippen LogP contribution < -0.4 is 13.7 Å². The van der Waals surface area contributed by atoms with Crippen LogP contribution in [-0.2, 0) is 26.6 Å². The predicted molar refractivity (Wildman–Crippen MR) is 446 cm³/mol. The lowest BCUT2D eigenvalue weighted by Gasteiger charge is -2.29. The van der Waals surface area contributed by atoms with E-state index in [1.807, 2.05) is 11.3 Å². The van der Waals surface area contributed by atoms with Crippen LogP contribution in [0.4, 0.5) is 0 Å². The van der Waals surface area contributed by atoms with Crippen LogP contribution in [0.5, 0.6) is 0 Å². The molecule has 5 aliphatic carbocycles. The number of pyridine rings is 3. The van der Waals surface area contributed by atoms with Crippen molar-refractivity contribution in [3.05, 3.63) is 280 Å². The summed E-state index contributed by atoms with van der Waals surface area (Å²) in [6.45, 7) is 13.3. The molecule has 4 fully saturated rings. The summed E-state index contributed by atoms with van der Waals surface area (Å²) in [5.41, 5.74) is 36.3. The van der Waals surface area contributed by atoms with Crippen molar-refractivity contribution in [3.8, 4) is 78.3 Å². The highest BCUT2D eigenvalue weighted by atomic mass is 32.1. The Labute approximate surface area is 633 Å². The molecule has 0 N–H and O–H groups in total. The molecule has 0 bridgehead atoms. The predicted octanol–water partition coefficient (Wildman–Crippen LogP) is 26.6. The van der Waals surface area contributed by atoms with Gasteiger partial charge >= 0.3 is 0 Å². The molecular weight excluding hydrogens is 1300 g/mol. The van der Waals surface area contributed by atoms with Crippen LogP contribution in [0.2, 0.25) is 0 Å². The van der Waals surface area contributed by atoms with Crippen LogP contribution >= 0.6 is 11.3 Å². The van der Waals surface area contributed by atoms with Crippen molar-refractivity contribution in [2.45, 2.75) is 187 Å². The fourth-order valence-electron chi connectivity index (χ4n) is 19.9. The van der Waals surface area contributed by atoms with Gasteiger partial charge in [0.2, 0.25) is 17.1 Å². The molecule has 19 rings (SSSR count). The van der Waals surface area contributed by atoms with E-state index in [1.165, 1.54) is 270 Å². The molecule has 9 aromatic carbocycles. The van der Waals surface area contributed by atoms with Crippen LogP contribution in [0.1, 0.15) is 201 Å². The van der Waals surface area contributed by atoms with Crippen molar-refractivity contribution in [3.63, 3.8) is 0 Å². The Balaban J connectivity index is 0.000000117. The molecule has 106 heavy (non-hydrogen) atoms. The van der Waals surface area contributed by atoms with Gasteiger partial charge < -0.3 is 4.42 Å². The smallest absolute Gasteiger partial charge is 0.213 e. The first kappa shape index (κ1) is 69.5. The molecule has 532 valence electrons. The number of rotatable bonds is 9. The van der Waals surface area contributed by atoms with E-state index in [4.69, 9.17) is 4.42 Å². The Morgan fingerprint density at radius 2 is 0.660 bits per heavy atom. The van der Waals surface area contributed by atoms with Gasteiger partial charge in [-0.2, -0.15) is 0 Å². The van der Waals surface area contributed by atoms with Gasteiger partial charge in [0.25, 0.3) is 0 Å². The SMILES string of the molecule is Cc1c[n+](C)c(-c2ccccc2C)cc1-c1ccc2c(c1)C1(CCCC1)c1cc(C3CCCCC3)ccc1-2.Cc1c[n+](C)c(-c2ccccc2C)cc1-c1ccc2c(c1)oc1cc(C3CCCCC3)ccc12.Cc1c[n+](C)c(-c2ccccc2C)cc1-c1ccc2c(c1)sc1cc(C3CCCCC3)ccc12. The van der Waals surface area contributed by atoms with E-state index >= 15 is 0 Å². The number of nitrogens with zero attached hydrogens (tertiary/aromatic N) is 3. The highest BCUT2D eigenvalue weighted by Gasteiger charge is 2.46. The second-order valence-electron chi connectivity index (χ2n) is 32.5. The molecule has 5 heteroatoms. The van der Waals surface area contributed by atoms with Gasteiger partial charge in [0, 0.05) is 87.9 Å². The van der Waals surface area contributed by atoms with Crippen molar-refractivity contribution in [2.24, 2.45) is 21.1 Å². The van der Waals surface area contributed by atoms with Gasteiger partial charge in [0.05, 0.1) is 0 Å². The van der Waals surface area contributed by atoms with Gasteiger partial charge in [-0.3, -0.25) is 0 Å². The van der Waals surface area contributed by atoms with Gasteiger partial charge in [-0.1, -0.05) is 198 Å². The Morgan fingerprint density at radius 3 is 1.14 bits per heavy atom. The minimum atomic E-state index is 0.206. The first-order valence-corrected chi connectivity index (χ1v) is 41.0. The van der Waals surface area contributed by atoms with Gasteiger partial charge in [0.15, 0.2) is 18.6 Å². The Hall–Kier alpha value is -9.55. The molecule has 14 aromatic rings. The van der Waals surface area contributed by atoms with E-state index in [0.29, 0.717) is 5.92 Å². The summed E-state index contributed by atoms with van der Waals surface area (Å²) in [6, 6.07) is 76.0. The first-order chi connectivity index (χ1) is 51.7. The molecule has 1 spiro atoms. The molecule has 0 amide bonds. The number of aryl methyl sites for hydroxylation is 9. The average molecular weight is 1410 g/mol. The fraction of sp³-hybridized carbons (Fsp3) is 0.317. The molecule has 0 aliphatic heterocycles. The van der Waals surface area contributed by atoms with Crippen LogP contribution in [0.25, 0.3) is 120 Å². The number of hydrogen-bond acceptors (Lipinski definition) is 2. The van der Waals surface area contributed by atoms with Crippen molar-refractivity contribution in [1.82, 2.24) is 0 Å². The molecule has 4 saturated carbocycles. The van der Waals surface area contributed by atoms with Crippen molar-refractivity contribution in [1.29, 1.82) is 0 Å². The lowest BCUT2D eigenvalue weighted by atomic mass is 9.74. The lowest BCUT2D eigenvalue weighted by Crippen LogP contribution is -2.31. The van der Waals surface area contributed by atoms with E-state index in [-0.39, 0.29) is 5.41 Å². The van der Waals surface area contributed by atoms with Crippen LogP contribution in [0, 0.1) is 41.5 Å². The molecule has 5 heterocycles. The number of fused-ring (bicyclic) bond motifs is 11. The zero-order valence-corrected chi connectivity index (χ0v) is 64.9. The molecule has 0 atom stereocenters. The topological polar surface area (TPSA) is 24.8 Å². The molecular formula is C101H104N3OS+3. The highest BCUT2D eigenvalue weighted by Crippen LogP contribution is 2.58. The maximum Gasteiger partial charge on any atom is 0.213 e. The number of hydrogen-bond donors (Lipinski definition) is 0. The van der Waals surface area contributed by atoms with Crippen LogP contribution in [0.3, 0.4) is 0 Å². The van der Waals surface area contributed by atoms with Crippen molar-refractivity contribution in [2.75, 3.05) is 0 Å². The standard InChI is InChI=1S/C37H40N.C32H32NO.C32H32NS/c1-25-11-7-8-14-30(25)36-23-33(26(2)24-38(36)3)29-16-18-32-31-17-15-28(27-12-5-4-6-13-27)21-34(31)37(35(32)22-29)19-9-10-20-37;2*1-21-9-7-8-12-26(21)30-19-29(22(2)20-33(30)3)25-14-16-28-27-15-13-24(23-10-5-4-6-11-23)17-31(27)34-32(28)18-25/h7-8,11,14-18,21-24,27H,4-6,9-10,12-13,19-20H2,1-3H3;2*7-9,12-20,23H,4-6,10-11H2,1-3H3/q3*+1. The summed E-state index contributed by atoms with van der Waals surface area (Å²) in [7, 11) is 6.46. The third-order valence-electron chi connectivity index (χ3n) is 25.7. The maximum absolute atomic E-state index is 6.44. The first-order valence-electron chi connectivity index (χ1n) is 40.1. The molecule has 4 nitrogen and oxygen atoms in total. The third-order valence-corrected chi connectivity index (χ3v) is 26.8. The van der Waals surface area contributed by atoms with Crippen molar-refractivity contribution < 1.29 is 18.1 Å². The van der Waals surface area contributed by atoms with E-state index < -0.39 is 0 Å². The van der Waals surface area contributed by atoms with Crippen molar-refractivity contribution >= 4 is 53.4 Å². The van der Waals surface area contributed by atoms with Gasteiger partial charge in [-0.05, 0) is 254 Å². The molecule has 0 radical (unpaired) electrons. The van der Waals surface area contributed by atoms with Crippen LogP contribution in [-0.4, -0.2) is 0 Å². The Bertz CT molecular complexity index is 5440. The minimum Gasteiger partial charge on any atom is -0.456 e. The maximum atomic E-state index is 6.44. The fourth-order valence-corrected chi connectivity index (χ4v) is 21.0. The third kappa shape index (κ3) is 13.1. The second kappa shape index (κ2) is 29.3. The van der Waals surface area contributed by atoms with Gasteiger partial charge in [-0.15, -0.1) is 11.3 Å². The number of furan rings is 1. The van der Waals surface area contributed by atoms with Gasteiger partial charge in [0.1, 0.15) is 32.3 Å². The Morgan fingerprint density at radius 1 is 0.302 bits per heavy atom. The summed E-state index contributed by atoms with van der Waals surface area (Å²) in [6.07, 6.45) is 32.6. The van der Waals surface area contributed by atoms with Crippen LogP contribution in [0.15, 0.2) is 223 Å². The van der Waals surface area contributed by atoms with E-state index in [9.17, 15) is 0 Å². The summed E-state index contributed by atoms with van der Waals surface area (Å²) in [4.78, 5) is 0. The van der Waals surface area contributed by atoms with Gasteiger partial charge in [-0.25, -0.2) is 13.7 Å². The molecule has 0 saturated heterocycles. The minimum absolute atomic E-state index is 0.206. The quantitative estimate of drug-likeness (QED) is 0.132. The second-order valence-corrected chi connectivity index (χ2v) is 33.6. The molecule has 5 aromatic heterocycles. The summed E-state index contributed by atoms with van der Waals surface area (Å²) in [5, 5.41) is 5.21. The largest absolute Gasteiger partial charge is 0.456 e. The summed E-state index contributed by atoms with van der Waals surface area (Å²) >= 11 is 1.96. The zero-order chi connectivity index (χ0) is 72.3. The normalized spacial score (nSPS) is 16.0. The lowest BCUT2D eigenvalue weighted by molar-refractivity contribution is -0.660. The van der Waals surface area contributed by atoms with E-state index in [1.54, 1.807) is 22.3 Å². The number of aromatic nitrogens is 3. The number of thiophene rings is 1. The summed E-state index contributed by atoms with van der Waals surface area (Å²) in [5.74, 6) is 2.21.